The molecule has 12 rings (SSSR count). The van der Waals surface area contributed by atoms with Crippen molar-refractivity contribution in [1.82, 2.24) is 4.57 Å². The van der Waals surface area contributed by atoms with Crippen molar-refractivity contribution in [2.45, 2.75) is 0 Å². The Kier molecular flexibility index (Phi) is 8.83. The molecule has 0 unspecified atom stereocenters. The Morgan fingerprint density at radius 1 is 0.302 bits per heavy atom. The zero-order valence-electron chi connectivity index (χ0n) is 34.4. The van der Waals surface area contributed by atoms with Crippen LogP contribution in [0.25, 0.3) is 93.9 Å². The summed E-state index contributed by atoms with van der Waals surface area (Å²) in [6.07, 6.45) is 0. The highest BCUT2D eigenvalue weighted by atomic mass is 16.3. The standard InChI is InChI=1S/C60H40N2O/c1-2-15-41(16-3-1)42-31-33-43(34-32-42)45-17-12-19-48(39-45)61(49-20-13-18-46(40-49)51-25-14-26-55-54-24-7-11-30-59(54)63-60(51)55)47-37-35-44(36-38-47)50-21-4-8-27-56(50)62-57-28-9-5-22-52(57)53-23-6-10-29-58(53)62/h1-40H. The van der Waals surface area contributed by atoms with Crippen molar-refractivity contribution in [3.63, 3.8) is 0 Å². The summed E-state index contributed by atoms with van der Waals surface area (Å²) in [5.74, 6) is 0. The SMILES string of the molecule is c1ccc(-c2ccc(-c3cccc(N(c4ccc(-c5ccccc5-n5c6ccccc6c6ccccc65)cc4)c4cccc(-c5cccc6c5oc5ccccc56)c4)c3)cc2)cc1. The fraction of sp³-hybridized carbons (Fsp3) is 0. The van der Waals surface area contributed by atoms with Gasteiger partial charge in [0.05, 0.1) is 16.7 Å². The molecule has 0 radical (unpaired) electrons. The van der Waals surface area contributed by atoms with Crippen molar-refractivity contribution in [2.75, 3.05) is 4.90 Å². The van der Waals surface area contributed by atoms with Crippen molar-refractivity contribution < 1.29 is 4.42 Å². The summed E-state index contributed by atoms with van der Waals surface area (Å²) in [4.78, 5) is 2.37. The number of benzene rings is 10. The highest BCUT2D eigenvalue weighted by Gasteiger charge is 2.19. The van der Waals surface area contributed by atoms with E-state index >= 15 is 0 Å². The molecule has 0 saturated heterocycles. The maximum atomic E-state index is 6.53. The number of fused-ring (bicyclic) bond motifs is 6. The lowest BCUT2D eigenvalue weighted by molar-refractivity contribution is 0.670. The zero-order valence-corrected chi connectivity index (χ0v) is 34.4. The molecule has 0 aliphatic rings. The van der Waals surface area contributed by atoms with E-state index in [1.165, 1.54) is 44.1 Å². The fourth-order valence-electron chi connectivity index (χ4n) is 9.43. The smallest absolute Gasteiger partial charge is 0.143 e. The Labute approximate surface area is 366 Å². The number of aromatic nitrogens is 1. The van der Waals surface area contributed by atoms with Crippen LogP contribution in [0, 0.1) is 0 Å². The van der Waals surface area contributed by atoms with Crippen molar-refractivity contribution in [3.05, 3.63) is 243 Å². The van der Waals surface area contributed by atoms with Crippen molar-refractivity contribution in [2.24, 2.45) is 0 Å². The summed E-state index contributed by atoms with van der Waals surface area (Å²) in [5.41, 5.74) is 17.7. The fourth-order valence-corrected chi connectivity index (χ4v) is 9.43. The first-order chi connectivity index (χ1) is 31.2. The Morgan fingerprint density at radius 2 is 0.794 bits per heavy atom. The van der Waals surface area contributed by atoms with Crippen LogP contribution in [-0.2, 0) is 0 Å². The van der Waals surface area contributed by atoms with Gasteiger partial charge in [-0.2, -0.15) is 0 Å². The monoisotopic (exact) mass is 804 g/mol. The van der Waals surface area contributed by atoms with Gasteiger partial charge in [0.25, 0.3) is 0 Å². The van der Waals surface area contributed by atoms with Gasteiger partial charge in [-0.1, -0.05) is 182 Å². The van der Waals surface area contributed by atoms with E-state index in [0.717, 1.165) is 66.9 Å². The lowest BCUT2D eigenvalue weighted by Gasteiger charge is -2.27. The van der Waals surface area contributed by atoms with Crippen LogP contribution >= 0.6 is 0 Å². The van der Waals surface area contributed by atoms with Gasteiger partial charge >= 0.3 is 0 Å². The van der Waals surface area contributed by atoms with Crippen LogP contribution in [0.3, 0.4) is 0 Å². The van der Waals surface area contributed by atoms with Gasteiger partial charge in [0.15, 0.2) is 0 Å². The molecule has 0 N–H and O–H groups in total. The Balaban J connectivity index is 0.981. The number of para-hydroxylation sites is 5. The van der Waals surface area contributed by atoms with Crippen LogP contribution < -0.4 is 4.90 Å². The molecule has 2 heterocycles. The molecule has 0 bridgehead atoms. The molecule has 63 heavy (non-hydrogen) atoms. The largest absolute Gasteiger partial charge is 0.455 e. The number of anilines is 3. The third-order valence-electron chi connectivity index (χ3n) is 12.4. The van der Waals surface area contributed by atoms with E-state index in [1.807, 2.05) is 12.1 Å². The van der Waals surface area contributed by atoms with Crippen molar-refractivity contribution in [1.29, 1.82) is 0 Å². The lowest BCUT2D eigenvalue weighted by Crippen LogP contribution is -2.10. The third-order valence-corrected chi connectivity index (χ3v) is 12.4. The Morgan fingerprint density at radius 3 is 1.52 bits per heavy atom. The predicted octanol–water partition coefficient (Wildman–Crippen LogP) is 16.8. The molecule has 12 aromatic rings. The average Bonchev–Trinajstić information content (AvgIpc) is 3.91. The molecule has 3 nitrogen and oxygen atoms in total. The molecule has 0 amide bonds. The van der Waals surface area contributed by atoms with E-state index < -0.39 is 0 Å². The Hall–Kier alpha value is -8.40. The first kappa shape index (κ1) is 36.5. The number of rotatable bonds is 8. The van der Waals surface area contributed by atoms with Crippen LogP contribution in [0.15, 0.2) is 247 Å². The van der Waals surface area contributed by atoms with Gasteiger partial charge in [-0.15, -0.1) is 0 Å². The summed E-state index contributed by atoms with van der Waals surface area (Å²) < 4.78 is 8.94. The zero-order chi connectivity index (χ0) is 41.7. The van der Waals surface area contributed by atoms with E-state index in [4.69, 9.17) is 4.42 Å². The van der Waals surface area contributed by atoms with Gasteiger partial charge in [0.1, 0.15) is 11.2 Å². The summed E-state index contributed by atoms with van der Waals surface area (Å²) in [7, 11) is 0. The molecule has 0 atom stereocenters. The second-order valence-electron chi connectivity index (χ2n) is 16.1. The summed E-state index contributed by atoms with van der Waals surface area (Å²) in [6.45, 7) is 0. The second-order valence-corrected chi connectivity index (χ2v) is 16.1. The van der Waals surface area contributed by atoms with Gasteiger partial charge in [-0.3, -0.25) is 0 Å². The molecule has 0 aliphatic carbocycles. The van der Waals surface area contributed by atoms with Crippen LogP contribution in [0.4, 0.5) is 17.1 Å². The minimum atomic E-state index is 0.895. The van der Waals surface area contributed by atoms with Gasteiger partial charge in [-0.25, -0.2) is 0 Å². The molecule has 3 heteroatoms. The highest BCUT2D eigenvalue weighted by molar-refractivity contribution is 6.11. The van der Waals surface area contributed by atoms with E-state index in [-0.39, 0.29) is 0 Å². The first-order valence-electron chi connectivity index (χ1n) is 21.5. The highest BCUT2D eigenvalue weighted by Crippen LogP contribution is 2.42. The van der Waals surface area contributed by atoms with Crippen LogP contribution in [0.5, 0.6) is 0 Å². The van der Waals surface area contributed by atoms with E-state index in [2.05, 4.69) is 240 Å². The topological polar surface area (TPSA) is 21.3 Å². The van der Waals surface area contributed by atoms with Gasteiger partial charge < -0.3 is 13.9 Å². The maximum Gasteiger partial charge on any atom is 0.143 e. The maximum absolute atomic E-state index is 6.53. The van der Waals surface area contributed by atoms with Crippen molar-refractivity contribution >= 4 is 60.8 Å². The van der Waals surface area contributed by atoms with Crippen LogP contribution in [0.1, 0.15) is 0 Å². The molecule has 0 spiro atoms. The van der Waals surface area contributed by atoms with Crippen molar-refractivity contribution in [3.8, 4) is 50.2 Å². The number of nitrogens with zero attached hydrogens (tertiary/aromatic N) is 2. The molecule has 296 valence electrons. The predicted molar refractivity (Wildman–Crippen MR) is 264 cm³/mol. The Bertz CT molecular complexity index is 3560. The second kappa shape index (κ2) is 15.3. The summed E-state index contributed by atoms with van der Waals surface area (Å²) >= 11 is 0. The normalized spacial score (nSPS) is 11.5. The van der Waals surface area contributed by atoms with Gasteiger partial charge in [-0.05, 0) is 94.0 Å². The van der Waals surface area contributed by atoms with Gasteiger partial charge in [0.2, 0.25) is 0 Å². The average molecular weight is 805 g/mol. The van der Waals surface area contributed by atoms with Gasteiger partial charge in [0, 0.05) is 49.7 Å². The van der Waals surface area contributed by atoms with E-state index in [0.29, 0.717) is 0 Å². The molecule has 10 aromatic carbocycles. The summed E-state index contributed by atoms with van der Waals surface area (Å²) in [6, 6.07) is 87.1. The molecule has 2 aromatic heterocycles. The number of furan rings is 1. The number of hydrogen-bond donors (Lipinski definition) is 0. The third kappa shape index (κ3) is 6.38. The van der Waals surface area contributed by atoms with E-state index in [9.17, 15) is 0 Å². The first-order valence-corrected chi connectivity index (χ1v) is 21.5. The molecular weight excluding hydrogens is 765 g/mol. The number of hydrogen-bond acceptors (Lipinski definition) is 2. The minimum Gasteiger partial charge on any atom is -0.455 e. The summed E-state index contributed by atoms with van der Waals surface area (Å²) in [5, 5.41) is 4.75. The van der Waals surface area contributed by atoms with Crippen LogP contribution in [-0.4, -0.2) is 4.57 Å². The van der Waals surface area contributed by atoms with Crippen LogP contribution in [0.2, 0.25) is 0 Å². The quantitative estimate of drug-likeness (QED) is 0.153. The molecule has 0 aliphatic heterocycles. The lowest BCUT2D eigenvalue weighted by atomic mass is 9.99. The van der Waals surface area contributed by atoms with E-state index in [1.54, 1.807) is 0 Å². The molecule has 0 saturated carbocycles. The molecule has 0 fully saturated rings. The molecular formula is C60H40N2O. The minimum absolute atomic E-state index is 0.895.